The summed E-state index contributed by atoms with van der Waals surface area (Å²) in [5.41, 5.74) is 0.0616. The number of carboxylic acid groups (broad SMARTS) is 1. The molecule has 0 aromatic rings. The van der Waals surface area contributed by atoms with E-state index in [0.717, 1.165) is 0 Å². The quantitative estimate of drug-likeness (QED) is 0.718. The van der Waals surface area contributed by atoms with Crippen molar-refractivity contribution in [3.63, 3.8) is 0 Å². The Balaban J connectivity index is 0. The second-order valence-electron chi connectivity index (χ2n) is 3.94. The average Bonchev–Trinajstić information content (AvgIpc) is 1.80. The Morgan fingerprint density at radius 2 is 1.92 bits per heavy atom. The van der Waals surface area contributed by atoms with Gasteiger partial charge in [-0.1, -0.05) is 20.8 Å². The molecular weight excluding hydrogens is 178 g/mol. The van der Waals surface area contributed by atoms with Crippen molar-refractivity contribution in [2.45, 2.75) is 33.2 Å². The fraction of sp³-hybridized carbons (Fsp3) is 0.875. The van der Waals surface area contributed by atoms with E-state index in [-0.39, 0.29) is 17.8 Å². The van der Waals surface area contributed by atoms with E-state index in [4.69, 9.17) is 5.11 Å². The zero-order chi connectivity index (χ0) is 9.07. The van der Waals surface area contributed by atoms with Crippen LogP contribution in [0.15, 0.2) is 0 Å². The molecule has 0 saturated carbocycles. The zero-order valence-electron chi connectivity index (χ0n) is 8.05. The molecule has 1 atom stereocenters. The summed E-state index contributed by atoms with van der Waals surface area (Å²) in [5, 5.41) is 11.4. The number of hydrogen-bond acceptors (Lipinski definition) is 2. The Bertz CT molecular complexity index is 142. The van der Waals surface area contributed by atoms with Gasteiger partial charge in [0.2, 0.25) is 0 Å². The molecule has 0 amide bonds. The van der Waals surface area contributed by atoms with E-state index >= 15 is 0 Å². The molecule has 0 bridgehead atoms. The third-order valence-corrected chi connectivity index (χ3v) is 1.46. The van der Waals surface area contributed by atoms with Gasteiger partial charge in [0, 0.05) is 0 Å². The summed E-state index contributed by atoms with van der Waals surface area (Å²) in [6, 6.07) is -0.421. The maximum Gasteiger partial charge on any atom is 0.320 e. The molecular formula is C8H18ClNO2. The van der Waals surface area contributed by atoms with E-state index in [1.54, 1.807) is 7.05 Å². The van der Waals surface area contributed by atoms with Gasteiger partial charge >= 0.3 is 5.97 Å². The Morgan fingerprint density at radius 3 is 2.00 bits per heavy atom. The minimum absolute atomic E-state index is 0. The van der Waals surface area contributed by atoms with Crippen LogP contribution in [0.25, 0.3) is 0 Å². The molecule has 1 unspecified atom stereocenters. The average molecular weight is 196 g/mol. The van der Waals surface area contributed by atoms with Crippen LogP contribution in [0.1, 0.15) is 27.2 Å². The molecule has 0 saturated heterocycles. The van der Waals surface area contributed by atoms with E-state index in [2.05, 4.69) is 5.32 Å². The second-order valence-corrected chi connectivity index (χ2v) is 3.94. The van der Waals surface area contributed by atoms with E-state index in [9.17, 15) is 4.79 Å². The Kier molecular flexibility index (Phi) is 6.39. The van der Waals surface area contributed by atoms with Gasteiger partial charge in [0.05, 0.1) is 0 Å². The number of carbonyl (C=O) groups is 1. The molecule has 3 nitrogen and oxygen atoms in total. The first-order chi connectivity index (χ1) is 4.87. The number of aliphatic carboxylic acids is 1. The van der Waals surface area contributed by atoms with Gasteiger partial charge in [-0.25, -0.2) is 0 Å². The molecule has 0 fully saturated rings. The molecule has 2 N–H and O–H groups in total. The summed E-state index contributed by atoms with van der Waals surface area (Å²) in [6.45, 7) is 6.08. The summed E-state index contributed by atoms with van der Waals surface area (Å²) in [4.78, 5) is 10.5. The van der Waals surface area contributed by atoms with Gasteiger partial charge < -0.3 is 10.4 Å². The highest BCUT2D eigenvalue weighted by atomic mass is 35.5. The van der Waals surface area contributed by atoms with Gasteiger partial charge in [-0.3, -0.25) is 4.79 Å². The lowest BCUT2D eigenvalue weighted by molar-refractivity contribution is -0.140. The van der Waals surface area contributed by atoms with Crippen LogP contribution in [0.3, 0.4) is 0 Å². The SMILES string of the molecule is CNC(CC(C)(C)C)C(=O)O.Cl. The number of nitrogens with one attached hydrogen (secondary N) is 1. The standard InChI is InChI=1S/C8H17NO2.ClH/c1-8(2,3)5-6(9-4)7(10)11;/h6,9H,5H2,1-4H3,(H,10,11);1H. The lowest BCUT2D eigenvalue weighted by Crippen LogP contribution is -2.37. The molecule has 4 heteroatoms. The molecule has 0 aliphatic heterocycles. The first-order valence-corrected chi connectivity index (χ1v) is 3.77. The van der Waals surface area contributed by atoms with E-state index in [1.165, 1.54) is 0 Å². The summed E-state index contributed by atoms with van der Waals surface area (Å²) < 4.78 is 0. The van der Waals surface area contributed by atoms with E-state index in [0.29, 0.717) is 6.42 Å². The van der Waals surface area contributed by atoms with Crippen molar-refractivity contribution in [2.75, 3.05) is 7.05 Å². The molecule has 0 aromatic heterocycles. The van der Waals surface area contributed by atoms with Gasteiger partial charge in [0.15, 0.2) is 0 Å². The topological polar surface area (TPSA) is 49.3 Å². The van der Waals surface area contributed by atoms with Crippen molar-refractivity contribution in [3.8, 4) is 0 Å². The maximum absolute atomic E-state index is 10.5. The molecule has 74 valence electrons. The molecule has 0 spiro atoms. The fourth-order valence-corrected chi connectivity index (χ4v) is 0.925. The lowest BCUT2D eigenvalue weighted by atomic mass is 9.88. The number of rotatable bonds is 3. The van der Waals surface area contributed by atoms with Crippen molar-refractivity contribution in [3.05, 3.63) is 0 Å². The monoisotopic (exact) mass is 195 g/mol. The first-order valence-electron chi connectivity index (χ1n) is 3.77. The summed E-state index contributed by atoms with van der Waals surface area (Å²) in [5.74, 6) is -0.776. The van der Waals surface area contributed by atoms with Crippen molar-refractivity contribution in [2.24, 2.45) is 5.41 Å². The third kappa shape index (κ3) is 6.43. The normalized spacial score (nSPS) is 13.3. The Labute approximate surface area is 80.0 Å². The minimum Gasteiger partial charge on any atom is -0.480 e. The Hall–Kier alpha value is -0.280. The molecule has 0 radical (unpaired) electrons. The number of hydrogen-bond donors (Lipinski definition) is 2. The van der Waals surface area contributed by atoms with Crippen LogP contribution >= 0.6 is 12.4 Å². The predicted molar refractivity (Wildman–Crippen MR) is 51.8 cm³/mol. The van der Waals surface area contributed by atoms with Crippen molar-refractivity contribution < 1.29 is 9.90 Å². The highest BCUT2D eigenvalue weighted by Crippen LogP contribution is 2.20. The van der Waals surface area contributed by atoms with Gasteiger partial charge in [-0.15, -0.1) is 12.4 Å². The second kappa shape index (κ2) is 5.38. The van der Waals surface area contributed by atoms with Crippen molar-refractivity contribution in [1.29, 1.82) is 0 Å². The maximum atomic E-state index is 10.5. The Morgan fingerprint density at radius 1 is 1.50 bits per heavy atom. The third-order valence-electron chi connectivity index (χ3n) is 1.46. The lowest BCUT2D eigenvalue weighted by Gasteiger charge is -2.22. The van der Waals surface area contributed by atoms with Crippen LogP contribution < -0.4 is 5.32 Å². The van der Waals surface area contributed by atoms with Crippen LogP contribution in [0.5, 0.6) is 0 Å². The van der Waals surface area contributed by atoms with Gasteiger partial charge in [0.1, 0.15) is 6.04 Å². The summed E-state index contributed by atoms with van der Waals surface area (Å²) in [6.07, 6.45) is 0.652. The molecule has 0 rings (SSSR count). The summed E-state index contributed by atoms with van der Waals surface area (Å²) >= 11 is 0. The highest BCUT2D eigenvalue weighted by Gasteiger charge is 2.22. The van der Waals surface area contributed by atoms with Crippen molar-refractivity contribution in [1.82, 2.24) is 5.32 Å². The summed E-state index contributed by atoms with van der Waals surface area (Å²) in [7, 11) is 1.67. The fourth-order valence-electron chi connectivity index (χ4n) is 0.925. The van der Waals surface area contributed by atoms with Crippen molar-refractivity contribution >= 4 is 18.4 Å². The van der Waals surface area contributed by atoms with Gasteiger partial charge in [-0.2, -0.15) is 0 Å². The minimum atomic E-state index is -0.776. The zero-order valence-corrected chi connectivity index (χ0v) is 8.86. The van der Waals surface area contributed by atoms with Crippen LogP contribution in [-0.2, 0) is 4.79 Å². The highest BCUT2D eigenvalue weighted by molar-refractivity contribution is 5.85. The number of likely N-dealkylation sites (N-methyl/N-ethyl adjacent to an activating group) is 1. The molecule has 12 heavy (non-hydrogen) atoms. The van der Waals surface area contributed by atoms with E-state index < -0.39 is 12.0 Å². The number of carboxylic acids is 1. The molecule has 0 aliphatic carbocycles. The van der Waals surface area contributed by atoms with Gasteiger partial charge in [-0.05, 0) is 18.9 Å². The first kappa shape index (κ1) is 14.3. The van der Waals surface area contributed by atoms with Crippen LogP contribution in [0.2, 0.25) is 0 Å². The van der Waals surface area contributed by atoms with Crippen LogP contribution in [0, 0.1) is 5.41 Å². The smallest absolute Gasteiger partial charge is 0.320 e. The predicted octanol–water partition coefficient (Wildman–Crippen LogP) is 1.52. The van der Waals surface area contributed by atoms with Crippen LogP contribution in [0.4, 0.5) is 0 Å². The molecule has 0 heterocycles. The largest absolute Gasteiger partial charge is 0.480 e. The van der Waals surface area contributed by atoms with Crippen LogP contribution in [-0.4, -0.2) is 24.2 Å². The molecule has 0 aliphatic rings. The van der Waals surface area contributed by atoms with Gasteiger partial charge in [0.25, 0.3) is 0 Å². The van der Waals surface area contributed by atoms with E-state index in [1.807, 2.05) is 20.8 Å². The molecule has 0 aromatic carbocycles. The number of halogens is 1.